The Bertz CT molecular complexity index is 538. The Morgan fingerprint density at radius 2 is 2.05 bits per heavy atom. The maximum atomic E-state index is 11.5. The molecule has 0 unspecified atom stereocenters. The highest BCUT2D eigenvalue weighted by Gasteiger charge is 2.13. The summed E-state index contributed by atoms with van der Waals surface area (Å²) in [4.78, 5) is 26.3. The minimum absolute atomic E-state index is 0.0371. The molecule has 1 aromatic carbocycles. The largest absolute Gasteiger partial charge is 0.481 e. The maximum Gasteiger partial charge on any atom is 0.303 e. The van der Waals surface area contributed by atoms with Crippen LogP contribution in [0.3, 0.4) is 0 Å². The van der Waals surface area contributed by atoms with Gasteiger partial charge in [-0.25, -0.2) is 0 Å². The molecule has 1 aromatic rings. The Balaban J connectivity index is 1.65. The normalized spacial score (nSPS) is 12.7. The van der Waals surface area contributed by atoms with Crippen LogP contribution in [0.2, 0.25) is 0 Å². The zero-order valence-electron chi connectivity index (χ0n) is 11.3. The van der Waals surface area contributed by atoms with Crippen LogP contribution >= 0.6 is 0 Å². The minimum atomic E-state index is -0.865. The molecule has 0 aromatic heterocycles. The van der Waals surface area contributed by atoms with E-state index in [1.54, 1.807) is 0 Å². The van der Waals surface area contributed by atoms with Crippen LogP contribution in [0.1, 0.15) is 31.2 Å². The monoisotopic (exact) mass is 274 g/mol. The first-order chi connectivity index (χ1) is 9.65. The number of hydrogen-bond acceptors (Lipinski definition) is 3. The molecule has 1 heterocycles. The Morgan fingerprint density at radius 1 is 1.25 bits per heavy atom. The summed E-state index contributed by atoms with van der Waals surface area (Å²) in [5, 5.41) is 11.3. The van der Waals surface area contributed by atoms with E-state index in [1.165, 1.54) is 5.56 Å². The highest BCUT2D eigenvalue weighted by molar-refractivity contribution is 5.94. The van der Waals surface area contributed by atoms with Crippen molar-refractivity contribution in [3.63, 3.8) is 0 Å². The second kappa shape index (κ2) is 6.84. The van der Waals surface area contributed by atoms with Gasteiger partial charge in [-0.2, -0.15) is 0 Å². The van der Waals surface area contributed by atoms with E-state index in [9.17, 15) is 9.59 Å². The average molecular weight is 274 g/mol. The third-order valence-electron chi connectivity index (χ3n) is 3.19. The lowest BCUT2D eigenvalue weighted by atomic mass is 10.1. The standard InChI is InChI=1S/C15H18N2O3/c18-14(6-3-7-15(19)20)16-9-8-12-10-11-4-1-2-5-13(11)17-12/h1-2,4-5H,3,6-10H2,(H,16,18)(H,19,20). The topological polar surface area (TPSA) is 78.8 Å². The number of para-hydroxylation sites is 1. The molecule has 1 aliphatic rings. The third-order valence-corrected chi connectivity index (χ3v) is 3.19. The number of carboxylic acid groups (broad SMARTS) is 1. The van der Waals surface area contributed by atoms with Crippen molar-refractivity contribution in [2.24, 2.45) is 4.99 Å². The number of carbonyl (C=O) groups excluding carboxylic acids is 1. The van der Waals surface area contributed by atoms with Gasteiger partial charge in [0.1, 0.15) is 0 Å². The van der Waals surface area contributed by atoms with Crippen LogP contribution in [-0.2, 0) is 16.0 Å². The Kier molecular flexibility index (Phi) is 4.87. The summed E-state index contributed by atoms with van der Waals surface area (Å²) in [5.41, 5.74) is 3.34. The first-order valence-corrected chi connectivity index (χ1v) is 6.78. The molecule has 0 bridgehead atoms. The molecule has 2 rings (SSSR count). The summed E-state index contributed by atoms with van der Waals surface area (Å²) in [6.07, 6.45) is 2.27. The van der Waals surface area contributed by atoms with Crippen LogP contribution in [0.5, 0.6) is 0 Å². The molecule has 5 heteroatoms. The molecule has 106 valence electrons. The van der Waals surface area contributed by atoms with E-state index in [0.717, 1.165) is 24.2 Å². The molecular weight excluding hydrogens is 256 g/mol. The summed E-state index contributed by atoms with van der Waals surface area (Å²) < 4.78 is 0. The number of aliphatic imine (C=N–C) groups is 1. The van der Waals surface area contributed by atoms with Crippen LogP contribution in [0.4, 0.5) is 5.69 Å². The van der Waals surface area contributed by atoms with Crippen LogP contribution in [0.25, 0.3) is 0 Å². The van der Waals surface area contributed by atoms with Gasteiger partial charge in [0, 0.05) is 37.9 Å². The molecule has 1 amide bonds. The van der Waals surface area contributed by atoms with Gasteiger partial charge in [-0.05, 0) is 18.1 Å². The highest BCUT2D eigenvalue weighted by atomic mass is 16.4. The number of fused-ring (bicyclic) bond motifs is 1. The number of benzene rings is 1. The van der Waals surface area contributed by atoms with Crippen LogP contribution in [0.15, 0.2) is 29.3 Å². The van der Waals surface area contributed by atoms with Gasteiger partial charge in [-0.15, -0.1) is 0 Å². The van der Waals surface area contributed by atoms with Gasteiger partial charge >= 0.3 is 5.97 Å². The van der Waals surface area contributed by atoms with Gasteiger partial charge < -0.3 is 10.4 Å². The minimum Gasteiger partial charge on any atom is -0.481 e. The van der Waals surface area contributed by atoms with Crippen molar-refractivity contribution in [1.82, 2.24) is 5.32 Å². The number of aliphatic carboxylic acids is 1. The smallest absolute Gasteiger partial charge is 0.303 e. The van der Waals surface area contributed by atoms with E-state index < -0.39 is 5.97 Å². The third kappa shape index (κ3) is 4.19. The van der Waals surface area contributed by atoms with E-state index in [4.69, 9.17) is 5.11 Å². The summed E-state index contributed by atoms with van der Waals surface area (Å²) in [5.74, 6) is -0.960. The van der Waals surface area contributed by atoms with Gasteiger partial charge in [0.25, 0.3) is 0 Å². The number of carbonyl (C=O) groups is 2. The molecule has 0 radical (unpaired) electrons. The number of rotatable bonds is 7. The second-order valence-corrected chi connectivity index (χ2v) is 4.83. The van der Waals surface area contributed by atoms with Crippen molar-refractivity contribution in [2.75, 3.05) is 6.54 Å². The number of amides is 1. The van der Waals surface area contributed by atoms with Crippen molar-refractivity contribution < 1.29 is 14.7 Å². The zero-order valence-corrected chi connectivity index (χ0v) is 11.3. The van der Waals surface area contributed by atoms with Crippen molar-refractivity contribution in [3.8, 4) is 0 Å². The highest BCUT2D eigenvalue weighted by Crippen LogP contribution is 2.26. The van der Waals surface area contributed by atoms with E-state index in [1.807, 2.05) is 18.2 Å². The lowest BCUT2D eigenvalue weighted by Crippen LogP contribution is -2.25. The van der Waals surface area contributed by atoms with Gasteiger partial charge in [0.05, 0.1) is 5.69 Å². The van der Waals surface area contributed by atoms with Gasteiger partial charge in [0.2, 0.25) is 5.91 Å². The summed E-state index contributed by atoms with van der Waals surface area (Å²) >= 11 is 0. The maximum absolute atomic E-state index is 11.5. The Labute approximate surface area is 117 Å². The fraction of sp³-hybridized carbons (Fsp3) is 0.400. The van der Waals surface area contributed by atoms with Crippen LogP contribution in [0, 0.1) is 0 Å². The molecule has 0 saturated carbocycles. The van der Waals surface area contributed by atoms with Crippen molar-refractivity contribution in [3.05, 3.63) is 29.8 Å². The first kappa shape index (κ1) is 14.2. The van der Waals surface area contributed by atoms with E-state index in [-0.39, 0.29) is 18.7 Å². The predicted molar refractivity (Wildman–Crippen MR) is 76.4 cm³/mol. The Hall–Kier alpha value is -2.17. The summed E-state index contributed by atoms with van der Waals surface area (Å²) in [6.45, 7) is 0.554. The van der Waals surface area contributed by atoms with Gasteiger partial charge in [0.15, 0.2) is 0 Å². The van der Waals surface area contributed by atoms with Crippen LogP contribution < -0.4 is 5.32 Å². The SMILES string of the molecule is O=C(O)CCCC(=O)NCCC1=Nc2ccccc2C1. The number of carboxylic acids is 1. The molecule has 0 atom stereocenters. The van der Waals surface area contributed by atoms with Crippen molar-refractivity contribution in [2.45, 2.75) is 32.1 Å². The molecule has 0 spiro atoms. The lowest BCUT2D eigenvalue weighted by Gasteiger charge is -2.04. The predicted octanol–water partition coefficient (Wildman–Crippen LogP) is 2.08. The van der Waals surface area contributed by atoms with Gasteiger partial charge in [-0.3, -0.25) is 14.6 Å². The van der Waals surface area contributed by atoms with Crippen molar-refractivity contribution >= 4 is 23.3 Å². The van der Waals surface area contributed by atoms with Gasteiger partial charge in [-0.1, -0.05) is 18.2 Å². The number of nitrogens with one attached hydrogen (secondary N) is 1. The van der Waals surface area contributed by atoms with Crippen molar-refractivity contribution in [1.29, 1.82) is 0 Å². The number of hydrogen-bond donors (Lipinski definition) is 2. The van der Waals surface area contributed by atoms with E-state index >= 15 is 0 Å². The quantitative estimate of drug-likeness (QED) is 0.799. The molecule has 5 nitrogen and oxygen atoms in total. The Morgan fingerprint density at radius 3 is 2.80 bits per heavy atom. The molecule has 0 aliphatic carbocycles. The molecule has 20 heavy (non-hydrogen) atoms. The summed E-state index contributed by atoms with van der Waals surface area (Å²) in [7, 11) is 0. The fourth-order valence-electron chi connectivity index (χ4n) is 2.18. The molecule has 2 N–H and O–H groups in total. The van der Waals surface area contributed by atoms with E-state index in [2.05, 4.69) is 16.4 Å². The van der Waals surface area contributed by atoms with Crippen LogP contribution in [-0.4, -0.2) is 29.2 Å². The number of nitrogens with zero attached hydrogens (tertiary/aromatic N) is 1. The zero-order chi connectivity index (χ0) is 14.4. The molecule has 1 aliphatic heterocycles. The first-order valence-electron chi connectivity index (χ1n) is 6.78. The van der Waals surface area contributed by atoms with E-state index in [0.29, 0.717) is 13.0 Å². The fourth-order valence-corrected chi connectivity index (χ4v) is 2.18. The second-order valence-electron chi connectivity index (χ2n) is 4.83. The lowest BCUT2D eigenvalue weighted by molar-refractivity contribution is -0.137. The average Bonchev–Trinajstić information content (AvgIpc) is 2.80. The molecule has 0 saturated heterocycles. The molecular formula is C15H18N2O3. The molecule has 0 fully saturated rings. The summed E-state index contributed by atoms with van der Waals surface area (Å²) in [6, 6.07) is 8.03.